The maximum Gasteiger partial charge on any atom is 0.0727 e. The number of nitrogens with two attached hydrogens (primary N) is 1. The smallest absolute Gasteiger partial charge is 0.0727 e. The molecule has 0 aliphatic rings. The second-order valence-electron chi connectivity index (χ2n) is 4.50. The number of hydrogen-bond acceptors (Lipinski definition) is 3. The predicted molar refractivity (Wildman–Crippen MR) is 67.6 cm³/mol. The van der Waals surface area contributed by atoms with Gasteiger partial charge in [-0.3, -0.25) is 9.67 Å². The summed E-state index contributed by atoms with van der Waals surface area (Å²) in [6.45, 7) is 6.23. The number of rotatable bonds is 3. The first kappa shape index (κ1) is 11.8. The average molecular weight is 230 g/mol. The van der Waals surface area contributed by atoms with Gasteiger partial charge in [0.1, 0.15) is 0 Å². The molecule has 0 spiro atoms. The highest BCUT2D eigenvalue weighted by Crippen LogP contribution is 2.23. The van der Waals surface area contributed by atoms with E-state index in [0.717, 1.165) is 16.8 Å². The van der Waals surface area contributed by atoms with Gasteiger partial charge in [-0.1, -0.05) is 0 Å². The van der Waals surface area contributed by atoms with Crippen LogP contribution in [0.25, 0.3) is 0 Å². The maximum absolute atomic E-state index is 6.31. The van der Waals surface area contributed by atoms with Crippen LogP contribution in [0.3, 0.4) is 0 Å². The van der Waals surface area contributed by atoms with Crippen molar-refractivity contribution in [3.05, 3.63) is 47.5 Å². The van der Waals surface area contributed by atoms with Crippen molar-refractivity contribution in [3.63, 3.8) is 0 Å². The van der Waals surface area contributed by atoms with Crippen molar-refractivity contribution in [2.75, 3.05) is 0 Å². The lowest BCUT2D eigenvalue weighted by Crippen LogP contribution is -2.19. The van der Waals surface area contributed by atoms with Gasteiger partial charge in [0.25, 0.3) is 0 Å². The number of aromatic nitrogens is 3. The molecule has 90 valence electrons. The normalized spacial score (nSPS) is 13.0. The van der Waals surface area contributed by atoms with Crippen LogP contribution in [-0.2, 0) is 0 Å². The molecule has 2 aromatic rings. The van der Waals surface area contributed by atoms with Gasteiger partial charge in [-0.05, 0) is 44.0 Å². The molecule has 0 aliphatic carbocycles. The third-order valence-corrected chi connectivity index (χ3v) is 2.91. The standard InChI is InChI=1S/C13H18N4/c1-9(2)17-12(5-7-16-17)13(14)11-4-6-15-8-10(11)3/h4-9,13H,14H2,1-3H3. The van der Waals surface area contributed by atoms with E-state index in [0.29, 0.717) is 6.04 Å². The molecule has 2 rings (SSSR count). The summed E-state index contributed by atoms with van der Waals surface area (Å²) in [6, 6.07) is 4.11. The molecular formula is C13H18N4. The highest BCUT2D eigenvalue weighted by Gasteiger charge is 2.16. The van der Waals surface area contributed by atoms with Gasteiger partial charge in [0.2, 0.25) is 0 Å². The number of nitrogens with zero attached hydrogens (tertiary/aromatic N) is 3. The molecule has 2 aromatic heterocycles. The summed E-state index contributed by atoms with van der Waals surface area (Å²) < 4.78 is 1.96. The number of hydrogen-bond donors (Lipinski definition) is 1. The molecule has 1 atom stereocenters. The van der Waals surface area contributed by atoms with Crippen molar-refractivity contribution in [1.82, 2.24) is 14.8 Å². The molecule has 4 heteroatoms. The first-order valence-corrected chi connectivity index (χ1v) is 5.80. The van der Waals surface area contributed by atoms with E-state index in [1.807, 2.05) is 29.9 Å². The molecule has 0 fully saturated rings. The average Bonchev–Trinajstić information content (AvgIpc) is 2.77. The van der Waals surface area contributed by atoms with E-state index >= 15 is 0 Å². The summed E-state index contributed by atoms with van der Waals surface area (Å²) in [6.07, 6.45) is 5.41. The van der Waals surface area contributed by atoms with Gasteiger partial charge in [0.05, 0.1) is 11.7 Å². The van der Waals surface area contributed by atoms with Gasteiger partial charge in [0.15, 0.2) is 0 Å². The van der Waals surface area contributed by atoms with Crippen LogP contribution in [-0.4, -0.2) is 14.8 Å². The van der Waals surface area contributed by atoms with E-state index in [9.17, 15) is 0 Å². The molecule has 0 saturated carbocycles. The minimum Gasteiger partial charge on any atom is -0.319 e. The van der Waals surface area contributed by atoms with Crippen molar-refractivity contribution >= 4 is 0 Å². The van der Waals surface area contributed by atoms with Gasteiger partial charge in [-0.15, -0.1) is 0 Å². The maximum atomic E-state index is 6.31. The topological polar surface area (TPSA) is 56.7 Å². The molecule has 17 heavy (non-hydrogen) atoms. The first-order valence-electron chi connectivity index (χ1n) is 5.80. The Bertz CT molecular complexity index is 502. The Morgan fingerprint density at radius 2 is 2.00 bits per heavy atom. The van der Waals surface area contributed by atoms with E-state index in [-0.39, 0.29) is 6.04 Å². The molecule has 2 N–H and O–H groups in total. The van der Waals surface area contributed by atoms with Crippen molar-refractivity contribution in [1.29, 1.82) is 0 Å². The van der Waals surface area contributed by atoms with Crippen LogP contribution >= 0.6 is 0 Å². The fraction of sp³-hybridized carbons (Fsp3) is 0.385. The van der Waals surface area contributed by atoms with Gasteiger partial charge >= 0.3 is 0 Å². The molecule has 4 nitrogen and oxygen atoms in total. The Kier molecular flexibility index (Phi) is 3.24. The van der Waals surface area contributed by atoms with E-state index in [1.54, 1.807) is 12.4 Å². The van der Waals surface area contributed by atoms with E-state index in [4.69, 9.17) is 5.73 Å². The van der Waals surface area contributed by atoms with Crippen molar-refractivity contribution in [2.24, 2.45) is 5.73 Å². The highest BCUT2D eigenvalue weighted by atomic mass is 15.3. The highest BCUT2D eigenvalue weighted by molar-refractivity contribution is 5.31. The van der Waals surface area contributed by atoms with Gasteiger partial charge in [-0.2, -0.15) is 5.10 Å². The van der Waals surface area contributed by atoms with Gasteiger partial charge in [-0.25, -0.2) is 0 Å². The molecule has 1 unspecified atom stereocenters. The van der Waals surface area contributed by atoms with E-state index < -0.39 is 0 Å². The number of pyridine rings is 1. The van der Waals surface area contributed by atoms with Crippen LogP contribution in [0.4, 0.5) is 0 Å². The summed E-state index contributed by atoms with van der Waals surface area (Å²) in [5.74, 6) is 0. The van der Waals surface area contributed by atoms with Crippen LogP contribution in [0.2, 0.25) is 0 Å². The summed E-state index contributed by atoms with van der Waals surface area (Å²) in [4.78, 5) is 4.09. The summed E-state index contributed by atoms with van der Waals surface area (Å²) in [5, 5.41) is 4.31. The molecule has 0 saturated heterocycles. The first-order chi connectivity index (χ1) is 8.11. The Morgan fingerprint density at radius 1 is 1.24 bits per heavy atom. The molecule has 0 radical (unpaired) electrons. The minimum absolute atomic E-state index is 0.150. The Labute approximate surface area is 101 Å². The van der Waals surface area contributed by atoms with Crippen molar-refractivity contribution < 1.29 is 0 Å². The zero-order valence-corrected chi connectivity index (χ0v) is 10.5. The van der Waals surface area contributed by atoms with Crippen LogP contribution in [0.5, 0.6) is 0 Å². The van der Waals surface area contributed by atoms with E-state index in [1.165, 1.54) is 0 Å². The molecule has 2 heterocycles. The Balaban J connectivity index is 2.41. The second-order valence-corrected chi connectivity index (χ2v) is 4.50. The van der Waals surface area contributed by atoms with Gasteiger partial charge in [0, 0.05) is 24.6 Å². The third kappa shape index (κ3) is 2.22. The molecule has 0 aliphatic heterocycles. The SMILES string of the molecule is Cc1cnccc1C(N)c1ccnn1C(C)C. The molecule has 0 amide bonds. The number of aryl methyl sites for hydroxylation is 1. The zero-order valence-electron chi connectivity index (χ0n) is 10.5. The summed E-state index contributed by atoms with van der Waals surface area (Å²) in [5.41, 5.74) is 9.56. The lowest BCUT2D eigenvalue weighted by Gasteiger charge is -2.18. The lowest BCUT2D eigenvalue weighted by molar-refractivity contribution is 0.499. The van der Waals surface area contributed by atoms with Crippen molar-refractivity contribution in [3.8, 4) is 0 Å². The minimum atomic E-state index is -0.150. The monoisotopic (exact) mass is 230 g/mol. The molecule has 0 bridgehead atoms. The van der Waals surface area contributed by atoms with Crippen LogP contribution < -0.4 is 5.73 Å². The Hall–Kier alpha value is -1.68. The van der Waals surface area contributed by atoms with E-state index in [2.05, 4.69) is 23.9 Å². The van der Waals surface area contributed by atoms with Crippen LogP contribution in [0, 0.1) is 6.92 Å². The van der Waals surface area contributed by atoms with Gasteiger partial charge < -0.3 is 5.73 Å². The zero-order chi connectivity index (χ0) is 12.4. The fourth-order valence-electron chi connectivity index (χ4n) is 1.99. The summed E-state index contributed by atoms with van der Waals surface area (Å²) >= 11 is 0. The predicted octanol–water partition coefficient (Wildman–Crippen LogP) is 2.22. The van der Waals surface area contributed by atoms with Crippen LogP contribution in [0.15, 0.2) is 30.7 Å². The lowest BCUT2D eigenvalue weighted by atomic mass is 10.0. The Morgan fingerprint density at radius 3 is 2.65 bits per heavy atom. The quantitative estimate of drug-likeness (QED) is 0.879. The third-order valence-electron chi connectivity index (χ3n) is 2.91. The van der Waals surface area contributed by atoms with Crippen LogP contribution in [0.1, 0.15) is 42.8 Å². The summed E-state index contributed by atoms with van der Waals surface area (Å²) in [7, 11) is 0. The largest absolute Gasteiger partial charge is 0.319 e. The molecule has 0 aromatic carbocycles. The fourth-order valence-corrected chi connectivity index (χ4v) is 1.99. The molecular weight excluding hydrogens is 212 g/mol. The van der Waals surface area contributed by atoms with Crippen molar-refractivity contribution in [2.45, 2.75) is 32.9 Å². The second kappa shape index (κ2) is 4.67.